The lowest BCUT2D eigenvalue weighted by molar-refractivity contribution is 0.244. The molecule has 0 atom stereocenters. The van der Waals surface area contributed by atoms with Gasteiger partial charge in [-0.05, 0) is 49.8 Å². The van der Waals surface area contributed by atoms with Crippen molar-refractivity contribution in [2.45, 2.75) is 32.1 Å². The number of rotatable bonds is 4. The van der Waals surface area contributed by atoms with Crippen LogP contribution in [0.1, 0.15) is 31.2 Å². The first-order valence-corrected chi connectivity index (χ1v) is 6.74. The molecule has 0 bridgehead atoms. The van der Waals surface area contributed by atoms with E-state index in [1.165, 1.54) is 18.4 Å². The van der Waals surface area contributed by atoms with Crippen molar-refractivity contribution in [3.8, 4) is 5.75 Å². The Bertz CT molecular complexity index is 444. The van der Waals surface area contributed by atoms with Crippen molar-refractivity contribution in [3.05, 3.63) is 41.6 Å². The first-order chi connectivity index (χ1) is 9.24. The van der Waals surface area contributed by atoms with Gasteiger partial charge in [0, 0.05) is 12.7 Å². The number of benzene rings is 1. The normalized spacial score (nSPS) is 14.2. The second-order valence-corrected chi connectivity index (χ2v) is 4.83. The van der Waals surface area contributed by atoms with E-state index in [0.29, 0.717) is 6.54 Å². The lowest BCUT2D eigenvalue weighted by Crippen LogP contribution is -2.33. The van der Waals surface area contributed by atoms with Crippen LogP contribution in [0.4, 0.5) is 4.79 Å². The Morgan fingerprint density at radius 2 is 1.89 bits per heavy atom. The number of aromatic hydroxyl groups is 1. The van der Waals surface area contributed by atoms with Gasteiger partial charge in [0.1, 0.15) is 5.75 Å². The lowest BCUT2D eigenvalue weighted by atomic mass is 10.1. The molecule has 0 radical (unpaired) electrons. The number of carbonyl (C=O) groups excluding carboxylic acids is 1. The van der Waals surface area contributed by atoms with E-state index in [1.807, 2.05) is 18.3 Å². The summed E-state index contributed by atoms with van der Waals surface area (Å²) >= 11 is 0. The van der Waals surface area contributed by atoms with Crippen LogP contribution in [-0.4, -0.2) is 17.7 Å². The lowest BCUT2D eigenvalue weighted by Gasteiger charge is -2.05. The number of amides is 2. The van der Waals surface area contributed by atoms with Gasteiger partial charge in [-0.3, -0.25) is 0 Å². The summed E-state index contributed by atoms with van der Waals surface area (Å²) in [5.41, 5.74) is 2.42. The quantitative estimate of drug-likeness (QED) is 0.779. The third-order valence-electron chi connectivity index (χ3n) is 3.29. The number of phenolic OH excluding ortho intramolecular Hbond substituents is 1. The number of carbonyl (C=O) groups is 1. The van der Waals surface area contributed by atoms with Gasteiger partial charge in [0.25, 0.3) is 0 Å². The highest BCUT2D eigenvalue weighted by Crippen LogP contribution is 2.22. The van der Waals surface area contributed by atoms with Crippen LogP contribution in [0, 0.1) is 0 Å². The summed E-state index contributed by atoms with van der Waals surface area (Å²) in [6.45, 7) is 0.583. The van der Waals surface area contributed by atoms with Crippen LogP contribution < -0.4 is 10.6 Å². The fourth-order valence-electron chi connectivity index (χ4n) is 2.18. The van der Waals surface area contributed by atoms with E-state index in [0.717, 1.165) is 24.8 Å². The molecule has 0 heterocycles. The molecule has 19 heavy (non-hydrogen) atoms. The summed E-state index contributed by atoms with van der Waals surface area (Å²) in [5.74, 6) is 0.262. The molecule has 3 N–H and O–H groups in total. The van der Waals surface area contributed by atoms with Crippen molar-refractivity contribution < 1.29 is 9.90 Å². The molecule has 1 saturated carbocycles. The second-order valence-electron chi connectivity index (χ2n) is 4.83. The average Bonchev–Trinajstić information content (AvgIpc) is 2.92. The molecular formula is C15H20N2O2. The fourth-order valence-corrected chi connectivity index (χ4v) is 2.18. The minimum Gasteiger partial charge on any atom is -0.508 e. The van der Waals surface area contributed by atoms with Gasteiger partial charge >= 0.3 is 6.03 Å². The van der Waals surface area contributed by atoms with Crippen molar-refractivity contribution in [2.24, 2.45) is 0 Å². The van der Waals surface area contributed by atoms with Crippen LogP contribution in [0.25, 0.3) is 0 Å². The third kappa shape index (κ3) is 4.66. The van der Waals surface area contributed by atoms with E-state index >= 15 is 0 Å². The molecule has 4 nitrogen and oxygen atoms in total. The summed E-state index contributed by atoms with van der Waals surface area (Å²) in [7, 11) is 0. The van der Waals surface area contributed by atoms with Crippen LogP contribution in [0.15, 0.2) is 36.0 Å². The molecule has 4 heteroatoms. The Balaban J connectivity index is 1.66. The van der Waals surface area contributed by atoms with Gasteiger partial charge in [0.05, 0.1) is 0 Å². The third-order valence-corrected chi connectivity index (χ3v) is 3.29. The maximum absolute atomic E-state index is 11.5. The van der Waals surface area contributed by atoms with Gasteiger partial charge in [-0.15, -0.1) is 0 Å². The molecule has 102 valence electrons. The second kappa shape index (κ2) is 6.83. The van der Waals surface area contributed by atoms with Crippen LogP contribution in [0.2, 0.25) is 0 Å². The number of allylic oxidation sites excluding steroid dienone is 1. The van der Waals surface area contributed by atoms with Gasteiger partial charge in [0.2, 0.25) is 0 Å². The van der Waals surface area contributed by atoms with Gasteiger partial charge in [-0.25, -0.2) is 4.79 Å². The molecule has 0 saturated heterocycles. The topological polar surface area (TPSA) is 61.4 Å². The van der Waals surface area contributed by atoms with Gasteiger partial charge in [0.15, 0.2) is 0 Å². The molecule has 0 unspecified atom stereocenters. The zero-order chi connectivity index (χ0) is 13.5. The van der Waals surface area contributed by atoms with Crippen molar-refractivity contribution in [3.63, 3.8) is 0 Å². The highest BCUT2D eigenvalue weighted by molar-refractivity contribution is 5.74. The Kier molecular flexibility index (Phi) is 4.84. The molecule has 1 aromatic carbocycles. The molecular weight excluding hydrogens is 240 g/mol. The van der Waals surface area contributed by atoms with Gasteiger partial charge in [-0.2, -0.15) is 0 Å². The van der Waals surface area contributed by atoms with Crippen molar-refractivity contribution in [1.29, 1.82) is 0 Å². The van der Waals surface area contributed by atoms with Crippen LogP contribution in [0.3, 0.4) is 0 Å². The summed E-state index contributed by atoms with van der Waals surface area (Å²) in [6, 6.07) is 6.86. The molecule has 1 aliphatic rings. The molecule has 2 rings (SSSR count). The average molecular weight is 260 g/mol. The molecule has 0 aliphatic heterocycles. The standard InChI is InChI=1S/C15H20N2O2/c18-14-7-5-12(6-8-14)9-10-16-15(19)17-11-13-3-1-2-4-13/h5-8,11,18H,1-4,9-10H2,(H2,16,17,19). The van der Waals surface area contributed by atoms with E-state index in [-0.39, 0.29) is 11.8 Å². The van der Waals surface area contributed by atoms with Crippen molar-refractivity contribution >= 4 is 6.03 Å². The van der Waals surface area contributed by atoms with E-state index in [4.69, 9.17) is 5.11 Å². The molecule has 1 aliphatic carbocycles. The molecule has 1 aromatic rings. The van der Waals surface area contributed by atoms with E-state index < -0.39 is 0 Å². The fraction of sp³-hybridized carbons (Fsp3) is 0.400. The van der Waals surface area contributed by atoms with Crippen molar-refractivity contribution in [1.82, 2.24) is 10.6 Å². The highest BCUT2D eigenvalue weighted by Gasteiger charge is 2.06. The molecule has 1 fully saturated rings. The maximum Gasteiger partial charge on any atom is 0.318 e. The summed E-state index contributed by atoms with van der Waals surface area (Å²) in [4.78, 5) is 11.5. The van der Waals surface area contributed by atoms with Crippen LogP contribution in [0.5, 0.6) is 5.75 Å². The van der Waals surface area contributed by atoms with E-state index in [2.05, 4.69) is 10.6 Å². The van der Waals surface area contributed by atoms with E-state index in [1.54, 1.807) is 12.1 Å². The van der Waals surface area contributed by atoms with Gasteiger partial charge in [-0.1, -0.05) is 17.7 Å². The first-order valence-electron chi connectivity index (χ1n) is 6.74. The zero-order valence-electron chi connectivity index (χ0n) is 11.0. The Morgan fingerprint density at radius 1 is 1.21 bits per heavy atom. The highest BCUT2D eigenvalue weighted by atomic mass is 16.3. The van der Waals surface area contributed by atoms with Crippen LogP contribution in [-0.2, 0) is 6.42 Å². The SMILES string of the molecule is O=C(NC=C1CCCC1)NCCc1ccc(O)cc1. The predicted octanol–water partition coefficient (Wildman–Crippen LogP) is 2.69. The smallest absolute Gasteiger partial charge is 0.318 e. The minimum absolute atomic E-state index is 0.154. The van der Waals surface area contributed by atoms with Crippen LogP contribution >= 0.6 is 0 Å². The molecule has 0 spiro atoms. The number of nitrogens with one attached hydrogen (secondary N) is 2. The van der Waals surface area contributed by atoms with E-state index in [9.17, 15) is 4.79 Å². The Labute approximate surface area is 113 Å². The summed E-state index contributed by atoms with van der Waals surface area (Å²) < 4.78 is 0. The van der Waals surface area contributed by atoms with Crippen molar-refractivity contribution in [2.75, 3.05) is 6.54 Å². The number of phenols is 1. The van der Waals surface area contributed by atoms with Gasteiger partial charge < -0.3 is 15.7 Å². The largest absolute Gasteiger partial charge is 0.508 e. The Morgan fingerprint density at radius 3 is 2.58 bits per heavy atom. The minimum atomic E-state index is -0.154. The first kappa shape index (κ1) is 13.5. The number of urea groups is 1. The predicted molar refractivity (Wildman–Crippen MR) is 74.9 cm³/mol. The summed E-state index contributed by atoms with van der Waals surface area (Å²) in [6.07, 6.45) is 7.26. The Hall–Kier alpha value is -1.97. The zero-order valence-corrected chi connectivity index (χ0v) is 11.0. The summed E-state index contributed by atoms with van der Waals surface area (Å²) in [5, 5.41) is 14.7. The molecule has 2 amide bonds. The maximum atomic E-state index is 11.5. The number of hydrogen-bond donors (Lipinski definition) is 3. The number of hydrogen-bond acceptors (Lipinski definition) is 2. The molecule has 0 aromatic heterocycles. The monoisotopic (exact) mass is 260 g/mol.